The molecule has 1 amide bonds. The molecule has 1 aromatic carbocycles. The highest BCUT2D eigenvalue weighted by Gasteiger charge is 2.19. The maximum Gasteiger partial charge on any atom is 0.287 e. The van der Waals surface area contributed by atoms with Crippen molar-refractivity contribution in [2.45, 2.75) is 11.6 Å². The van der Waals surface area contributed by atoms with Gasteiger partial charge in [0, 0.05) is 5.56 Å². The zero-order chi connectivity index (χ0) is 17.9. The van der Waals surface area contributed by atoms with Crippen molar-refractivity contribution in [1.82, 2.24) is 15.0 Å². The number of amides is 1. The summed E-state index contributed by atoms with van der Waals surface area (Å²) in [6.07, 6.45) is 1.57. The van der Waals surface area contributed by atoms with Crippen molar-refractivity contribution in [3.8, 4) is 11.3 Å². The average Bonchev–Trinajstić information content (AvgIpc) is 3.30. The summed E-state index contributed by atoms with van der Waals surface area (Å²) in [5.41, 5.74) is 0.875. The zero-order valence-electron chi connectivity index (χ0n) is 13.2. The van der Waals surface area contributed by atoms with Crippen molar-refractivity contribution < 1.29 is 22.0 Å². The summed E-state index contributed by atoms with van der Waals surface area (Å²) in [5, 5.41) is 2.23. The molecule has 9 heteroatoms. The van der Waals surface area contributed by atoms with Crippen LogP contribution >= 0.6 is 0 Å². The fourth-order valence-electron chi connectivity index (χ4n) is 2.06. The Morgan fingerprint density at radius 2 is 1.88 bits per heavy atom. The number of hydrogen-bond acceptors (Lipinski definition) is 6. The number of nitrogens with zero attached hydrogens (tertiary/aromatic N) is 1. The van der Waals surface area contributed by atoms with E-state index in [-0.39, 0.29) is 17.4 Å². The summed E-state index contributed by atoms with van der Waals surface area (Å²) in [6.45, 7) is 0.0421. The second kappa shape index (κ2) is 6.91. The topological polar surface area (TPSA) is 114 Å². The highest BCUT2D eigenvalue weighted by molar-refractivity contribution is 7.89. The molecule has 0 aliphatic heterocycles. The number of benzene rings is 1. The molecule has 0 fully saturated rings. The van der Waals surface area contributed by atoms with Crippen molar-refractivity contribution in [2.75, 3.05) is 7.05 Å². The first-order valence-electron chi connectivity index (χ1n) is 7.31. The molecule has 3 rings (SSSR count). The molecule has 2 aromatic heterocycles. The Kier molecular flexibility index (Phi) is 4.68. The molecule has 0 atom stereocenters. The van der Waals surface area contributed by atoms with Crippen LogP contribution in [0.5, 0.6) is 0 Å². The summed E-state index contributed by atoms with van der Waals surface area (Å²) in [6, 6.07) is 11.9. The van der Waals surface area contributed by atoms with E-state index in [9.17, 15) is 13.2 Å². The summed E-state index contributed by atoms with van der Waals surface area (Å²) < 4.78 is 35.9. The lowest BCUT2D eigenvalue weighted by molar-refractivity contribution is 0.0914. The Morgan fingerprint density at radius 1 is 1.12 bits per heavy atom. The predicted octanol–water partition coefficient (Wildman–Crippen LogP) is 1.77. The lowest BCUT2D eigenvalue weighted by Crippen LogP contribution is -2.22. The van der Waals surface area contributed by atoms with Crippen molar-refractivity contribution in [1.29, 1.82) is 0 Å². The van der Waals surface area contributed by atoms with Gasteiger partial charge in [-0.1, -0.05) is 30.3 Å². The molecule has 0 radical (unpaired) electrons. The van der Waals surface area contributed by atoms with E-state index in [1.54, 1.807) is 6.20 Å². The van der Waals surface area contributed by atoms with Crippen molar-refractivity contribution in [2.24, 2.45) is 0 Å². The number of carbonyl (C=O) groups excluding carboxylic acids is 1. The molecule has 2 N–H and O–H groups in total. The van der Waals surface area contributed by atoms with Gasteiger partial charge in [-0.15, -0.1) is 0 Å². The summed E-state index contributed by atoms with van der Waals surface area (Å²) in [5.74, 6) is 0.216. The molecule has 0 spiro atoms. The Morgan fingerprint density at radius 3 is 2.60 bits per heavy atom. The van der Waals surface area contributed by atoms with Crippen LogP contribution in [0.1, 0.15) is 16.4 Å². The van der Waals surface area contributed by atoms with Gasteiger partial charge in [-0.25, -0.2) is 18.1 Å². The van der Waals surface area contributed by atoms with Crippen molar-refractivity contribution in [3.63, 3.8) is 0 Å². The smallest absolute Gasteiger partial charge is 0.287 e. The van der Waals surface area contributed by atoms with Gasteiger partial charge in [0.2, 0.25) is 11.0 Å². The summed E-state index contributed by atoms with van der Waals surface area (Å²) >= 11 is 0. The van der Waals surface area contributed by atoms with Gasteiger partial charge in [0.15, 0.2) is 11.5 Å². The Hall–Kier alpha value is -2.91. The van der Waals surface area contributed by atoms with E-state index in [1.165, 1.54) is 19.2 Å². The predicted molar refractivity (Wildman–Crippen MR) is 88.1 cm³/mol. The van der Waals surface area contributed by atoms with Crippen molar-refractivity contribution >= 4 is 15.9 Å². The molecule has 0 aliphatic rings. The van der Waals surface area contributed by atoms with E-state index in [0.717, 1.165) is 5.56 Å². The molecule has 0 aliphatic carbocycles. The first-order chi connectivity index (χ1) is 12.0. The van der Waals surface area contributed by atoms with Gasteiger partial charge in [0.25, 0.3) is 15.9 Å². The molecule has 8 nitrogen and oxygen atoms in total. The first kappa shape index (κ1) is 16.9. The Balaban J connectivity index is 1.64. The molecular weight excluding hydrogens is 346 g/mol. The monoisotopic (exact) mass is 361 g/mol. The first-order valence-corrected chi connectivity index (χ1v) is 8.79. The third-order valence-electron chi connectivity index (χ3n) is 3.35. The third kappa shape index (κ3) is 3.78. The van der Waals surface area contributed by atoms with Crippen LogP contribution in [0, 0.1) is 0 Å². The van der Waals surface area contributed by atoms with Crippen LogP contribution in [0.2, 0.25) is 0 Å². The van der Waals surface area contributed by atoms with Gasteiger partial charge in [0.05, 0.1) is 12.7 Å². The van der Waals surface area contributed by atoms with Crippen LogP contribution in [0.3, 0.4) is 0 Å². The quantitative estimate of drug-likeness (QED) is 0.691. The molecule has 2 heterocycles. The fourth-order valence-corrected chi connectivity index (χ4v) is 2.71. The largest absolute Gasteiger partial charge is 0.439 e. The van der Waals surface area contributed by atoms with Gasteiger partial charge in [-0.05, 0) is 19.2 Å². The number of carbonyl (C=O) groups is 1. The standard InChI is InChI=1S/C16H15N3O5S/c1-17-25(21,22)15-8-7-12(24-15)16(20)19-10-14-18-9-13(23-14)11-5-3-2-4-6-11/h2-9,17H,10H2,1H3,(H,19,20). The van der Waals surface area contributed by atoms with Gasteiger partial charge in [-0.3, -0.25) is 4.79 Å². The highest BCUT2D eigenvalue weighted by Crippen LogP contribution is 2.19. The normalized spacial score (nSPS) is 11.4. The fraction of sp³-hybridized carbons (Fsp3) is 0.125. The van der Waals surface area contributed by atoms with E-state index in [1.807, 2.05) is 30.3 Å². The van der Waals surface area contributed by atoms with Gasteiger partial charge in [0.1, 0.15) is 0 Å². The molecule has 0 unspecified atom stereocenters. The number of aromatic nitrogens is 1. The van der Waals surface area contributed by atoms with Gasteiger partial charge < -0.3 is 14.2 Å². The van der Waals surface area contributed by atoms with E-state index in [2.05, 4.69) is 15.0 Å². The van der Waals surface area contributed by atoms with Gasteiger partial charge >= 0.3 is 0 Å². The maximum atomic E-state index is 12.0. The second-order valence-electron chi connectivity index (χ2n) is 4.99. The van der Waals surface area contributed by atoms with E-state index in [4.69, 9.17) is 8.83 Å². The number of rotatable bonds is 6. The lowest BCUT2D eigenvalue weighted by atomic mass is 10.2. The van der Waals surface area contributed by atoms with E-state index < -0.39 is 15.9 Å². The molecule has 0 saturated carbocycles. The zero-order valence-corrected chi connectivity index (χ0v) is 14.0. The Bertz CT molecular complexity index is 976. The number of furan rings is 1. The van der Waals surface area contributed by atoms with Crippen molar-refractivity contribution in [3.05, 3.63) is 60.3 Å². The third-order valence-corrected chi connectivity index (χ3v) is 4.64. The number of hydrogen-bond donors (Lipinski definition) is 2. The van der Waals surface area contributed by atoms with Crippen LogP contribution in [0.15, 0.2) is 62.6 Å². The average molecular weight is 361 g/mol. The van der Waals surface area contributed by atoms with Crippen LogP contribution in [-0.2, 0) is 16.6 Å². The summed E-state index contributed by atoms with van der Waals surface area (Å²) in [4.78, 5) is 16.1. The van der Waals surface area contributed by atoms with Crippen LogP contribution in [-0.4, -0.2) is 26.4 Å². The minimum Gasteiger partial charge on any atom is -0.439 e. The minimum absolute atomic E-state index is 0.0421. The molecule has 0 bridgehead atoms. The second-order valence-corrected chi connectivity index (χ2v) is 6.81. The lowest BCUT2D eigenvalue weighted by Gasteiger charge is -2.00. The molecule has 0 saturated heterocycles. The van der Waals surface area contributed by atoms with Crippen LogP contribution in [0.25, 0.3) is 11.3 Å². The molecule has 130 valence electrons. The minimum atomic E-state index is -3.73. The number of sulfonamides is 1. The van der Waals surface area contributed by atoms with E-state index >= 15 is 0 Å². The van der Waals surface area contributed by atoms with Gasteiger partial charge in [-0.2, -0.15) is 0 Å². The van der Waals surface area contributed by atoms with E-state index in [0.29, 0.717) is 11.7 Å². The highest BCUT2D eigenvalue weighted by atomic mass is 32.2. The maximum absolute atomic E-state index is 12.0. The summed E-state index contributed by atoms with van der Waals surface area (Å²) in [7, 11) is -2.48. The number of nitrogens with one attached hydrogen (secondary N) is 2. The van der Waals surface area contributed by atoms with Crippen LogP contribution in [0.4, 0.5) is 0 Å². The molecule has 3 aromatic rings. The number of oxazole rings is 1. The molecule has 25 heavy (non-hydrogen) atoms. The molecular formula is C16H15N3O5S. The SMILES string of the molecule is CNS(=O)(=O)c1ccc(C(=O)NCc2ncc(-c3ccccc3)o2)o1. The Labute approximate surface area is 143 Å². The van der Waals surface area contributed by atoms with Crippen LogP contribution < -0.4 is 10.0 Å².